The van der Waals surface area contributed by atoms with Crippen molar-refractivity contribution in [3.63, 3.8) is 0 Å². The number of benzene rings is 2. The van der Waals surface area contributed by atoms with Crippen molar-refractivity contribution < 1.29 is 28.2 Å². The summed E-state index contributed by atoms with van der Waals surface area (Å²) in [5, 5.41) is 11.3. The average molecular weight is 439 g/mol. The molecule has 0 saturated carbocycles. The predicted octanol–water partition coefficient (Wildman–Crippen LogP) is 3.17. The Kier molecular flexibility index (Phi) is 7.75. The number of likely N-dealkylation sites (tertiary alicyclic amines) is 1. The first-order chi connectivity index (χ1) is 15.5. The van der Waals surface area contributed by atoms with E-state index in [1.807, 2.05) is 0 Å². The Morgan fingerprint density at radius 1 is 1.06 bits per heavy atom. The van der Waals surface area contributed by atoms with Gasteiger partial charge in [-0.15, -0.1) is 0 Å². The van der Waals surface area contributed by atoms with E-state index < -0.39 is 18.1 Å². The van der Waals surface area contributed by atoms with Gasteiger partial charge in [0.1, 0.15) is 24.5 Å². The second-order valence-electron chi connectivity index (χ2n) is 7.22. The molecule has 0 aromatic heterocycles. The number of hydrogen-bond acceptors (Lipinski definition) is 6. The minimum Gasteiger partial charge on any atom is -0.449 e. The summed E-state index contributed by atoms with van der Waals surface area (Å²) in [4.78, 5) is 37.8. The molecule has 8 nitrogen and oxygen atoms in total. The molecule has 166 valence electrons. The van der Waals surface area contributed by atoms with Crippen molar-refractivity contribution in [3.8, 4) is 6.07 Å². The zero-order chi connectivity index (χ0) is 22.9. The van der Waals surface area contributed by atoms with Crippen molar-refractivity contribution >= 4 is 23.7 Å². The fourth-order valence-corrected chi connectivity index (χ4v) is 3.33. The van der Waals surface area contributed by atoms with Gasteiger partial charge in [-0.25, -0.2) is 14.0 Å². The molecule has 1 N–H and O–H groups in total. The molecular weight excluding hydrogens is 417 g/mol. The zero-order valence-corrected chi connectivity index (χ0v) is 17.3. The van der Waals surface area contributed by atoms with Crippen molar-refractivity contribution in [1.82, 2.24) is 4.90 Å². The van der Waals surface area contributed by atoms with E-state index in [1.54, 1.807) is 42.5 Å². The van der Waals surface area contributed by atoms with Crippen LogP contribution in [0.2, 0.25) is 0 Å². The fourth-order valence-electron chi connectivity index (χ4n) is 3.33. The number of amides is 2. The molecule has 32 heavy (non-hydrogen) atoms. The number of halogens is 1. The van der Waals surface area contributed by atoms with Crippen LogP contribution in [0.5, 0.6) is 0 Å². The van der Waals surface area contributed by atoms with Crippen molar-refractivity contribution in [2.24, 2.45) is 0 Å². The molecule has 1 aliphatic heterocycles. The summed E-state index contributed by atoms with van der Waals surface area (Å²) in [5.74, 6) is -1.20. The number of nitriles is 1. The van der Waals surface area contributed by atoms with Crippen LogP contribution in [0.15, 0.2) is 48.5 Å². The molecule has 1 atom stereocenters. The van der Waals surface area contributed by atoms with E-state index in [4.69, 9.17) is 14.7 Å². The maximum Gasteiger partial charge on any atom is 0.410 e. The third-order valence-corrected chi connectivity index (χ3v) is 4.92. The lowest BCUT2D eigenvalue weighted by molar-refractivity contribution is -0.147. The van der Waals surface area contributed by atoms with Crippen LogP contribution < -0.4 is 5.32 Å². The number of rotatable bonds is 7. The van der Waals surface area contributed by atoms with Gasteiger partial charge in [0.25, 0.3) is 0 Å². The quantitative estimate of drug-likeness (QED) is 0.664. The Hall–Kier alpha value is -3.93. The van der Waals surface area contributed by atoms with E-state index >= 15 is 0 Å². The van der Waals surface area contributed by atoms with Crippen molar-refractivity contribution in [2.75, 3.05) is 18.5 Å². The van der Waals surface area contributed by atoms with Gasteiger partial charge in [-0.3, -0.25) is 9.69 Å². The highest BCUT2D eigenvalue weighted by molar-refractivity contribution is 5.92. The van der Waals surface area contributed by atoms with Gasteiger partial charge in [-0.1, -0.05) is 24.3 Å². The lowest BCUT2D eigenvalue weighted by Gasteiger charge is -2.22. The maximum atomic E-state index is 12.9. The number of hydrogen-bond donors (Lipinski definition) is 1. The van der Waals surface area contributed by atoms with Gasteiger partial charge in [-0.2, -0.15) is 5.26 Å². The topological polar surface area (TPSA) is 109 Å². The third kappa shape index (κ3) is 6.28. The van der Waals surface area contributed by atoms with E-state index in [1.165, 1.54) is 17.0 Å². The van der Waals surface area contributed by atoms with E-state index in [2.05, 4.69) is 5.32 Å². The highest BCUT2D eigenvalue weighted by atomic mass is 19.1. The monoisotopic (exact) mass is 439 g/mol. The molecule has 2 amide bonds. The zero-order valence-electron chi connectivity index (χ0n) is 17.3. The molecule has 9 heteroatoms. The van der Waals surface area contributed by atoms with Crippen LogP contribution in [0.4, 0.5) is 14.9 Å². The molecule has 0 aliphatic carbocycles. The Bertz CT molecular complexity index is 1000. The second-order valence-corrected chi connectivity index (χ2v) is 7.22. The van der Waals surface area contributed by atoms with Crippen LogP contribution in [0, 0.1) is 17.1 Å². The maximum absolute atomic E-state index is 12.9. The molecule has 2 aromatic carbocycles. The molecule has 1 saturated heterocycles. The van der Waals surface area contributed by atoms with Crippen LogP contribution in [0.1, 0.15) is 24.0 Å². The lowest BCUT2D eigenvalue weighted by Crippen LogP contribution is -2.41. The van der Waals surface area contributed by atoms with E-state index in [0.29, 0.717) is 36.2 Å². The van der Waals surface area contributed by atoms with E-state index in [0.717, 1.165) is 0 Å². The highest BCUT2D eigenvalue weighted by Gasteiger charge is 2.36. The van der Waals surface area contributed by atoms with Gasteiger partial charge < -0.3 is 14.8 Å². The van der Waals surface area contributed by atoms with Crippen LogP contribution in [-0.2, 0) is 32.1 Å². The SMILES string of the molecule is N#CCOC(=O)[C@@H]1CCCN1C(=O)OCc1ccc(NC(=O)Cc2ccc(F)cc2)cc1. The molecule has 0 spiro atoms. The summed E-state index contributed by atoms with van der Waals surface area (Å²) < 4.78 is 23.1. The summed E-state index contributed by atoms with van der Waals surface area (Å²) in [6.07, 6.45) is 0.602. The molecule has 1 heterocycles. The number of nitrogens with one attached hydrogen (secondary N) is 1. The number of anilines is 1. The molecule has 3 rings (SSSR count). The first-order valence-corrected chi connectivity index (χ1v) is 10.1. The van der Waals surface area contributed by atoms with Crippen molar-refractivity contribution in [1.29, 1.82) is 5.26 Å². The normalized spacial score (nSPS) is 15.0. The summed E-state index contributed by atoms with van der Waals surface area (Å²) >= 11 is 0. The number of esters is 1. The Morgan fingerprint density at radius 2 is 1.75 bits per heavy atom. The first kappa shape index (κ1) is 22.7. The first-order valence-electron chi connectivity index (χ1n) is 10.1. The van der Waals surface area contributed by atoms with Gasteiger partial charge in [0.2, 0.25) is 5.91 Å². The van der Waals surface area contributed by atoms with Gasteiger partial charge in [0, 0.05) is 12.2 Å². The molecule has 0 bridgehead atoms. The van der Waals surface area contributed by atoms with Crippen molar-refractivity contribution in [2.45, 2.75) is 31.9 Å². The minimum atomic E-state index is -0.741. The average Bonchev–Trinajstić information content (AvgIpc) is 3.28. The lowest BCUT2D eigenvalue weighted by atomic mass is 10.1. The summed E-state index contributed by atoms with van der Waals surface area (Å²) in [5.41, 5.74) is 1.98. The van der Waals surface area contributed by atoms with E-state index in [9.17, 15) is 18.8 Å². The standard InChI is InChI=1S/C23H22FN3O5/c24-18-7-3-16(4-8-18)14-21(28)26-19-9-5-17(6-10-19)15-32-23(30)27-12-1-2-20(27)22(29)31-13-11-25/h3-10,20H,1-2,12-15H2,(H,26,28)/t20-/m0/s1. The third-order valence-electron chi connectivity index (χ3n) is 4.92. The number of carbonyl (C=O) groups is 3. The van der Waals surface area contributed by atoms with Crippen LogP contribution in [0.3, 0.4) is 0 Å². The molecular formula is C23H22FN3O5. The molecule has 0 radical (unpaired) electrons. The van der Waals surface area contributed by atoms with Gasteiger partial charge in [-0.05, 0) is 48.2 Å². The Labute approximate surface area is 184 Å². The minimum absolute atomic E-state index is 0.000890. The van der Waals surface area contributed by atoms with Gasteiger partial charge in [0.15, 0.2) is 6.61 Å². The second kappa shape index (κ2) is 10.9. The Morgan fingerprint density at radius 3 is 2.44 bits per heavy atom. The molecule has 2 aromatic rings. The predicted molar refractivity (Wildman–Crippen MR) is 112 cm³/mol. The summed E-state index contributed by atoms with van der Waals surface area (Å²) in [6.45, 7) is 0.0221. The smallest absolute Gasteiger partial charge is 0.410 e. The van der Waals surface area contributed by atoms with Crippen LogP contribution >= 0.6 is 0 Å². The summed E-state index contributed by atoms with van der Waals surface area (Å²) in [7, 11) is 0. The highest BCUT2D eigenvalue weighted by Crippen LogP contribution is 2.20. The molecule has 0 unspecified atom stereocenters. The molecule has 1 aliphatic rings. The van der Waals surface area contributed by atoms with E-state index in [-0.39, 0.29) is 31.4 Å². The summed E-state index contributed by atoms with van der Waals surface area (Å²) in [6, 6.07) is 13.5. The van der Waals surface area contributed by atoms with Crippen molar-refractivity contribution in [3.05, 3.63) is 65.5 Å². The van der Waals surface area contributed by atoms with Crippen LogP contribution in [0.25, 0.3) is 0 Å². The molecule has 1 fully saturated rings. The number of carbonyl (C=O) groups excluding carboxylic acids is 3. The largest absolute Gasteiger partial charge is 0.449 e. The number of ether oxygens (including phenoxy) is 2. The number of nitrogens with zero attached hydrogens (tertiary/aromatic N) is 2. The van der Waals surface area contributed by atoms with Gasteiger partial charge in [0.05, 0.1) is 6.42 Å². The Balaban J connectivity index is 1.47. The van der Waals surface area contributed by atoms with Crippen LogP contribution in [-0.4, -0.2) is 42.1 Å². The van der Waals surface area contributed by atoms with Gasteiger partial charge >= 0.3 is 12.1 Å². The fraction of sp³-hybridized carbons (Fsp3) is 0.304.